The highest BCUT2D eigenvalue weighted by atomic mass is 35.5. The second-order valence-electron chi connectivity index (χ2n) is 6.95. The molecule has 2 aromatic carbocycles. The lowest BCUT2D eigenvalue weighted by atomic mass is 10.1. The van der Waals surface area contributed by atoms with Crippen LogP contribution in [-0.4, -0.2) is 40.6 Å². The maximum Gasteiger partial charge on any atom is 0.434 e. The highest BCUT2D eigenvalue weighted by molar-refractivity contribution is 6.31. The Hall–Kier alpha value is -3.33. The van der Waals surface area contributed by atoms with Gasteiger partial charge >= 0.3 is 6.18 Å². The van der Waals surface area contributed by atoms with Crippen molar-refractivity contribution in [2.45, 2.75) is 13.1 Å². The first-order chi connectivity index (χ1) is 14.5. The monoisotopic (exact) mass is 450 g/mol. The number of benzene rings is 2. The lowest BCUT2D eigenvalue weighted by Crippen LogP contribution is -2.25. The fraction of sp³-hybridized carbons (Fsp3) is 0.190. The van der Waals surface area contributed by atoms with Gasteiger partial charge in [0.2, 0.25) is 0 Å². The number of carbonyl (C=O) groups is 2. The van der Waals surface area contributed by atoms with Gasteiger partial charge in [0, 0.05) is 19.1 Å². The van der Waals surface area contributed by atoms with E-state index < -0.39 is 29.2 Å². The summed E-state index contributed by atoms with van der Waals surface area (Å²) in [5, 5.41) is 6.47. The fourth-order valence-corrected chi connectivity index (χ4v) is 3.32. The molecule has 31 heavy (non-hydrogen) atoms. The molecule has 162 valence electrons. The van der Waals surface area contributed by atoms with Crippen LogP contribution in [-0.2, 0) is 6.18 Å². The minimum Gasteiger partial charge on any atom is -0.345 e. The molecule has 0 unspecified atom stereocenters. The van der Waals surface area contributed by atoms with Gasteiger partial charge < -0.3 is 10.2 Å². The molecule has 0 atom stereocenters. The molecule has 0 saturated heterocycles. The third kappa shape index (κ3) is 4.56. The van der Waals surface area contributed by atoms with Crippen molar-refractivity contribution in [1.29, 1.82) is 0 Å². The van der Waals surface area contributed by atoms with Crippen molar-refractivity contribution in [3.05, 3.63) is 76.1 Å². The Morgan fingerprint density at radius 1 is 1.10 bits per heavy atom. The van der Waals surface area contributed by atoms with E-state index in [2.05, 4.69) is 10.4 Å². The molecule has 0 radical (unpaired) electrons. The van der Waals surface area contributed by atoms with Crippen molar-refractivity contribution in [1.82, 2.24) is 14.7 Å². The SMILES string of the molecule is Cc1cc(Cl)cc(C(=O)N(C)C)c1NC(=O)c1cnn(-c2ccccc2)c1C(F)(F)F. The van der Waals surface area contributed by atoms with Crippen molar-refractivity contribution in [3.8, 4) is 5.69 Å². The summed E-state index contributed by atoms with van der Waals surface area (Å²) in [5.41, 5.74) is -1.17. The molecule has 3 aromatic rings. The van der Waals surface area contributed by atoms with Crippen LogP contribution in [0.15, 0.2) is 48.7 Å². The van der Waals surface area contributed by atoms with Crippen LogP contribution in [0.5, 0.6) is 0 Å². The first-order valence-electron chi connectivity index (χ1n) is 9.04. The Labute approximate surface area is 181 Å². The Morgan fingerprint density at radius 2 is 1.74 bits per heavy atom. The predicted octanol–water partition coefficient (Wildman–Crippen LogP) is 4.81. The summed E-state index contributed by atoms with van der Waals surface area (Å²) in [4.78, 5) is 26.7. The fourth-order valence-electron chi connectivity index (χ4n) is 3.05. The molecule has 1 N–H and O–H groups in total. The second-order valence-corrected chi connectivity index (χ2v) is 7.39. The third-order valence-corrected chi connectivity index (χ3v) is 4.68. The summed E-state index contributed by atoms with van der Waals surface area (Å²) in [7, 11) is 3.02. The molecule has 1 aromatic heterocycles. The average molecular weight is 451 g/mol. The van der Waals surface area contributed by atoms with E-state index in [-0.39, 0.29) is 22.0 Å². The summed E-state index contributed by atoms with van der Waals surface area (Å²) >= 11 is 6.04. The molecule has 0 fully saturated rings. The number of aromatic nitrogens is 2. The van der Waals surface area contributed by atoms with E-state index >= 15 is 0 Å². The molecule has 0 aliphatic carbocycles. The van der Waals surface area contributed by atoms with Gasteiger partial charge in [-0.25, -0.2) is 4.68 Å². The Morgan fingerprint density at radius 3 is 2.32 bits per heavy atom. The van der Waals surface area contributed by atoms with E-state index in [9.17, 15) is 22.8 Å². The lowest BCUT2D eigenvalue weighted by Gasteiger charge is -2.18. The van der Waals surface area contributed by atoms with Crippen LogP contribution < -0.4 is 5.32 Å². The minimum atomic E-state index is -4.85. The van der Waals surface area contributed by atoms with E-state index in [0.29, 0.717) is 10.2 Å². The Balaban J connectivity index is 2.08. The zero-order valence-electron chi connectivity index (χ0n) is 16.8. The molecular formula is C21H18ClF3N4O2. The number of nitrogens with one attached hydrogen (secondary N) is 1. The largest absolute Gasteiger partial charge is 0.434 e. The van der Waals surface area contributed by atoms with E-state index in [0.717, 1.165) is 6.20 Å². The molecule has 1 heterocycles. The maximum atomic E-state index is 13.9. The number of aryl methyl sites for hydroxylation is 1. The predicted molar refractivity (Wildman–Crippen MR) is 111 cm³/mol. The first-order valence-corrected chi connectivity index (χ1v) is 9.42. The van der Waals surface area contributed by atoms with Crippen molar-refractivity contribution in [2.75, 3.05) is 19.4 Å². The summed E-state index contributed by atoms with van der Waals surface area (Å²) in [5.74, 6) is -1.51. The van der Waals surface area contributed by atoms with Gasteiger partial charge in [0.1, 0.15) is 0 Å². The summed E-state index contributed by atoms with van der Waals surface area (Å²) in [6, 6.07) is 10.5. The minimum absolute atomic E-state index is 0.0624. The number of halogens is 4. The van der Waals surface area contributed by atoms with Crippen molar-refractivity contribution in [2.24, 2.45) is 0 Å². The molecule has 3 rings (SSSR count). The van der Waals surface area contributed by atoms with Gasteiger partial charge in [0.25, 0.3) is 11.8 Å². The van der Waals surface area contributed by atoms with Gasteiger partial charge in [-0.1, -0.05) is 29.8 Å². The van der Waals surface area contributed by atoms with Gasteiger partial charge in [0.15, 0.2) is 5.69 Å². The molecule has 0 aliphatic rings. The van der Waals surface area contributed by atoms with E-state index in [1.54, 1.807) is 25.1 Å². The maximum absolute atomic E-state index is 13.9. The average Bonchev–Trinajstić information content (AvgIpc) is 3.15. The molecular weight excluding hydrogens is 433 g/mol. The third-order valence-electron chi connectivity index (χ3n) is 4.46. The quantitative estimate of drug-likeness (QED) is 0.620. The number of anilines is 1. The van der Waals surface area contributed by atoms with Gasteiger partial charge in [-0.05, 0) is 36.8 Å². The van der Waals surface area contributed by atoms with Gasteiger partial charge in [0.05, 0.1) is 28.7 Å². The van der Waals surface area contributed by atoms with Crippen LogP contribution in [0.4, 0.5) is 18.9 Å². The first kappa shape index (κ1) is 22.4. The standard InChI is InChI=1S/C21H18ClF3N4O2/c1-12-9-13(22)10-15(20(31)28(2)3)17(12)27-19(30)16-11-26-29(18(16)21(23,24)25)14-7-5-4-6-8-14/h4-11H,1-3H3,(H,27,30). The van der Waals surface area contributed by atoms with Crippen molar-refractivity contribution in [3.63, 3.8) is 0 Å². The van der Waals surface area contributed by atoms with Crippen LogP contribution >= 0.6 is 11.6 Å². The molecule has 0 spiro atoms. The van der Waals surface area contributed by atoms with E-state index in [1.165, 1.54) is 43.3 Å². The Kier molecular flexibility index (Phi) is 6.08. The highest BCUT2D eigenvalue weighted by Gasteiger charge is 2.40. The molecule has 0 bridgehead atoms. The lowest BCUT2D eigenvalue weighted by molar-refractivity contribution is -0.143. The number of hydrogen-bond donors (Lipinski definition) is 1. The molecule has 10 heteroatoms. The second kappa shape index (κ2) is 8.43. The van der Waals surface area contributed by atoms with Crippen LogP contribution in [0.1, 0.15) is 32.0 Å². The van der Waals surface area contributed by atoms with Crippen LogP contribution in [0.2, 0.25) is 5.02 Å². The molecule has 0 saturated carbocycles. The van der Waals surface area contributed by atoms with Gasteiger partial charge in [-0.3, -0.25) is 9.59 Å². The van der Waals surface area contributed by atoms with Crippen LogP contribution in [0, 0.1) is 6.92 Å². The van der Waals surface area contributed by atoms with Crippen molar-refractivity contribution >= 4 is 29.1 Å². The number of hydrogen-bond acceptors (Lipinski definition) is 3. The summed E-state index contributed by atoms with van der Waals surface area (Å²) in [6.45, 7) is 1.59. The number of nitrogens with zero attached hydrogens (tertiary/aromatic N) is 3. The van der Waals surface area contributed by atoms with Crippen LogP contribution in [0.3, 0.4) is 0 Å². The molecule has 2 amide bonds. The topological polar surface area (TPSA) is 67.2 Å². The zero-order valence-corrected chi connectivity index (χ0v) is 17.5. The zero-order chi connectivity index (χ0) is 22.9. The van der Waals surface area contributed by atoms with E-state index in [1.807, 2.05) is 0 Å². The highest BCUT2D eigenvalue weighted by Crippen LogP contribution is 2.34. The number of para-hydroxylation sites is 1. The van der Waals surface area contributed by atoms with Gasteiger partial charge in [-0.2, -0.15) is 18.3 Å². The Bertz CT molecular complexity index is 1140. The smallest absolute Gasteiger partial charge is 0.345 e. The molecule has 6 nitrogen and oxygen atoms in total. The summed E-state index contributed by atoms with van der Waals surface area (Å²) in [6.07, 6.45) is -4.00. The van der Waals surface area contributed by atoms with Gasteiger partial charge in [-0.15, -0.1) is 0 Å². The number of carbonyl (C=O) groups excluding carboxylic acids is 2. The number of amides is 2. The normalized spacial score (nSPS) is 11.3. The van der Waals surface area contributed by atoms with Crippen LogP contribution in [0.25, 0.3) is 5.69 Å². The molecule has 0 aliphatic heterocycles. The summed E-state index contributed by atoms with van der Waals surface area (Å²) < 4.78 is 42.2. The van der Waals surface area contributed by atoms with Crippen molar-refractivity contribution < 1.29 is 22.8 Å². The number of rotatable bonds is 4. The number of alkyl halides is 3. The van der Waals surface area contributed by atoms with E-state index in [4.69, 9.17) is 11.6 Å².